The molecule has 2 rings (SSSR count). The molecule has 0 bridgehead atoms. The van der Waals surface area contributed by atoms with Gasteiger partial charge < -0.3 is 20.3 Å². The van der Waals surface area contributed by atoms with Crippen LogP contribution in [0.25, 0.3) is 0 Å². The minimum Gasteiger partial charge on any atom is -0.373 e. The molecule has 2 amide bonds. The Morgan fingerprint density at radius 1 is 1.15 bits per heavy atom. The Morgan fingerprint density at radius 2 is 1.74 bits per heavy atom. The van der Waals surface area contributed by atoms with Crippen molar-refractivity contribution in [2.24, 2.45) is 0 Å². The molecule has 1 saturated heterocycles. The van der Waals surface area contributed by atoms with Crippen molar-refractivity contribution >= 4 is 6.03 Å². The molecule has 0 aliphatic carbocycles. The first-order valence-corrected chi connectivity index (χ1v) is 9.81. The predicted octanol–water partition coefficient (Wildman–Crippen LogP) is 2.44. The topological polar surface area (TPSA) is 56.8 Å². The summed E-state index contributed by atoms with van der Waals surface area (Å²) >= 11 is 0. The van der Waals surface area contributed by atoms with Crippen LogP contribution in [0.2, 0.25) is 0 Å². The fraction of sp³-hybridized carbons (Fsp3) is 0.667. The number of urea groups is 1. The molecular formula is C21H36N4O2. The Labute approximate surface area is 164 Å². The number of nitrogens with zero attached hydrogens (tertiary/aromatic N) is 2. The van der Waals surface area contributed by atoms with Crippen molar-refractivity contribution in [1.29, 1.82) is 0 Å². The third-order valence-corrected chi connectivity index (χ3v) is 5.00. The van der Waals surface area contributed by atoms with E-state index in [-0.39, 0.29) is 23.8 Å². The molecule has 1 aliphatic rings. The number of ether oxygens (including phenoxy) is 1. The van der Waals surface area contributed by atoms with E-state index in [9.17, 15) is 4.79 Å². The van der Waals surface area contributed by atoms with Crippen LogP contribution in [-0.2, 0) is 17.8 Å². The van der Waals surface area contributed by atoms with Crippen molar-refractivity contribution in [2.75, 3.05) is 33.7 Å². The van der Waals surface area contributed by atoms with Crippen molar-refractivity contribution in [1.82, 2.24) is 20.4 Å². The molecule has 2 N–H and O–H groups in total. The van der Waals surface area contributed by atoms with Crippen molar-refractivity contribution in [3.8, 4) is 0 Å². The van der Waals surface area contributed by atoms with E-state index in [1.807, 2.05) is 26.2 Å². The summed E-state index contributed by atoms with van der Waals surface area (Å²) in [7, 11) is 4.10. The van der Waals surface area contributed by atoms with Gasteiger partial charge in [0.25, 0.3) is 0 Å². The summed E-state index contributed by atoms with van der Waals surface area (Å²) in [6.07, 6.45) is 0.435. The average molecular weight is 377 g/mol. The van der Waals surface area contributed by atoms with E-state index < -0.39 is 0 Å². The Hall–Kier alpha value is -1.63. The molecule has 2 unspecified atom stereocenters. The van der Waals surface area contributed by atoms with E-state index in [2.05, 4.69) is 60.3 Å². The molecular weight excluding hydrogens is 340 g/mol. The molecule has 1 aliphatic heterocycles. The highest BCUT2D eigenvalue weighted by Gasteiger charge is 2.33. The highest BCUT2D eigenvalue weighted by molar-refractivity contribution is 5.74. The zero-order valence-corrected chi connectivity index (χ0v) is 17.7. The van der Waals surface area contributed by atoms with Gasteiger partial charge in [-0.1, -0.05) is 24.3 Å². The Bertz CT molecular complexity index is 608. The fourth-order valence-corrected chi connectivity index (χ4v) is 3.54. The van der Waals surface area contributed by atoms with Crippen LogP contribution in [-0.4, -0.2) is 67.3 Å². The van der Waals surface area contributed by atoms with E-state index in [0.29, 0.717) is 13.1 Å². The van der Waals surface area contributed by atoms with Crippen LogP contribution in [0.15, 0.2) is 24.3 Å². The number of hydrogen-bond acceptors (Lipinski definition) is 4. The van der Waals surface area contributed by atoms with Crippen LogP contribution < -0.4 is 10.6 Å². The monoisotopic (exact) mass is 376 g/mol. The summed E-state index contributed by atoms with van der Waals surface area (Å²) in [5.41, 5.74) is 2.27. The SMILES string of the molecule is CC1CN(C(C)(C)CNC(=O)NCc2ccccc2CN(C)C)CC(C)O1. The molecule has 152 valence electrons. The fourth-order valence-electron chi connectivity index (χ4n) is 3.54. The standard InChI is InChI=1S/C21H36N4O2/c1-16-12-25(13-17(2)27-16)21(3,4)15-23-20(26)22-11-18-9-7-8-10-19(18)14-24(5)6/h7-10,16-17H,11-15H2,1-6H3,(H2,22,23,26). The van der Waals surface area contributed by atoms with Crippen LogP contribution >= 0.6 is 0 Å². The Balaban J connectivity index is 1.84. The lowest BCUT2D eigenvalue weighted by atomic mass is 10.00. The molecule has 2 atom stereocenters. The molecule has 0 radical (unpaired) electrons. The highest BCUT2D eigenvalue weighted by atomic mass is 16.5. The summed E-state index contributed by atoms with van der Waals surface area (Å²) in [5.74, 6) is 0. The van der Waals surface area contributed by atoms with Crippen LogP contribution in [0, 0.1) is 0 Å². The molecule has 1 aromatic rings. The van der Waals surface area contributed by atoms with Crippen LogP contribution in [0.1, 0.15) is 38.8 Å². The van der Waals surface area contributed by atoms with E-state index in [1.165, 1.54) is 5.56 Å². The van der Waals surface area contributed by atoms with Gasteiger partial charge in [0.15, 0.2) is 0 Å². The van der Waals surface area contributed by atoms with Gasteiger partial charge in [-0.3, -0.25) is 4.90 Å². The maximum absolute atomic E-state index is 12.3. The van der Waals surface area contributed by atoms with Crippen molar-refractivity contribution < 1.29 is 9.53 Å². The average Bonchev–Trinajstić information content (AvgIpc) is 2.58. The minimum atomic E-state index is -0.128. The van der Waals surface area contributed by atoms with Gasteiger partial charge >= 0.3 is 6.03 Å². The van der Waals surface area contributed by atoms with Crippen LogP contribution in [0.4, 0.5) is 4.79 Å². The maximum Gasteiger partial charge on any atom is 0.315 e. The van der Waals surface area contributed by atoms with E-state index in [0.717, 1.165) is 25.2 Å². The second-order valence-corrected chi connectivity index (χ2v) is 8.52. The number of rotatable bonds is 7. The number of carbonyl (C=O) groups excluding carboxylic acids is 1. The molecule has 6 heteroatoms. The second-order valence-electron chi connectivity index (χ2n) is 8.52. The lowest BCUT2D eigenvalue weighted by Crippen LogP contribution is -2.59. The third kappa shape index (κ3) is 6.79. The Morgan fingerprint density at radius 3 is 2.33 bits per heavy atom. The lowest BCUT2D eigenvalue weighted by Gasteiger charge is -2.45. The molecule has 27 heavy (non-hydrogen) atoms. The zero-order valence-electron chi connectivity index (χ0n) is 17.7. The molecule has 1 heterocycles. The van der Waals surface area contributed by atoms with Gasteiger partial charge in [0, 0.05) is 38.3 Å². The van der Waals surface area contributed by atoms with Crippen LogP contribution in [0.3, 0.4) is 0 Å². The van der Waals surface area contributed by atoms with Gasteiger partial charge in [-0.15, -0.1) is 0 Å². The van der Waals surface area contributed by atoms with Gasteiger partial charge in [0.05, 0.1) is 12.2 Å². The molecule has 1 fully saturated rings. The first-order chi connectivity index (χ1) is 12.7. The van der Waals surface area contributed by atoms with Gasteiger partial charge in [0.1, 0.15) is 0 Å². The number of morpholine rings is 1. The summed E-state index contributed by atoms with van der Waals surface area (Å²) in [6.45, 7) is 12.3. The largest absolute Gasteiger partial charge is 0.373 e. The summed E-state index contributed by atoms with van der Waals surface area (Å²) in [6, 6.07) is 8.10. The highest BCUT2D eigenvalue weighted by Crippen LogP contribution is 2.20. The van der Waals surface area contributed by atoms with E-state index >= 15 is 0 Å². The number of amides is 2. The normalized spacial score (nSPS) is 21.3. The number of benzene rings is 1. The number of carbonyl (C=O) groups is 1. The number of nitrogens with one attached hydrogen (secondary N) is 2. The maximum atomic E-state index is 12.3. The predicted molar refractivity (Wildman–Crippen MR) is 110 cm³/mol. The van der Waals surface area contributed by atoms with Gasteiger partial charge in [0.2, 0.25) is 0 Å². The summed E-state index contributed by atoms with van der Waals surface area (Å²) in [5, 5.41) is 6.03. The van der Waals surface area contributed by atoms with Gasteiger partial charge in [-0.05, 0) is 52.9 Å². The minimum absolute atomic E-state index is 0.119. The molecule has 1 aromatic carbocycles. The second kappa shape index (κ2) is 9.53. The molecule has 6 nitrogen and oxygen atoms in total. The first kappa shape index (κ1) is 21.7. The van der Waals surface area contributed by atoms with Crippen LogP contribution in [0.5, 0.6) is 0 Å². The quantitative estimate of drug-likeness (QED) is 0.767. The molecule has 0 saturated carbocycles. The smallest absolute Gasteiger partial charge is 0.315 e. The van der Waals surface area contributed by atoms with Crippen molar-refractivity contribution in [3.63, 3.8) is 0 Å². The Kier molecular flexibility index (Phi) is 7.65. The van der Waals surface area contributed by atoms with E-state index in [4.69, 9.17) is 4.74 Å². The van der Waals surface area contributed by atoms with E-state index in [1.54, 1.807) is 0 Å². The van der Waals surface area contributed by atoms with Crippen molar-refractivity contribution in [2.45, 2.75) is 58.5 Å². The first-order valence-electron chi connectivity index (χ1n) is 9.81. The molecule has 0 spiro atoms. The van der Waals surface area contributed by atoms with Gasteiger partial charge in [-0.2, -0.15) is 0 Å². The lowest BCUT2D eigenvalue weighted by molar-refractivity contribution is -0.0947. The third-order valence-electron chi connectivity index (χ3n) is 5.00. The zero-order chi connectivity index (χ0) is 20.0. The molecule has 0 aromatic heterocycles. The van der Waals surface area contributed by atoms with Crippen molar-refractivity contribution in [3.05, 3.63) is 35.4 Å². The summed E-state index contributed by atoms with van der Waals surface area (Å²) < 4.78 is 5.82. The summed E-state index contributed by atoms with van der Waals surface area (Å²) in [4.78, 5) is 16.9. The number of hydrogen-bond donors (Lipinski definition) is 2. The van der Waals surface area contributed by atoms with Gasteiger partial charge in [-0.25, -0.2) is 4.79 Å².